The minimum Gasteiger partial charge on any atom is -0.339 e. The number of terminal acetylenes is 1. The quantitative estimate of drug-likeness (QED) is 0.724. The number of nitrogens with two attached hydrogens (primary N) is 1. The molecule has 0 spiro atoms. The van der Waals surface area contributed by atoms with Gasteiger partial charge in [-0.3, -0.25) is 9.69 Å². The smallest absolute Gasteiger partial charge is 0.235 e. The van der Waals surface area contributed by atoms with Crippen molar-refractivity contribution in [2.45, 2.75) is 70.5 Å². The van der Waals surface area contributed by atoms with Crippen molar-refractivity contribution >= 4 is 5.91 Å². The fourth-order valence-electron chi connectivity index (χ4n) is 3.02. The zero-order valence-corrected chi connectivity index (χ0v) is 13.1. The summed E-state index contributed by atoms with van der Waals surface area (Å²) in [6.45, 7) is 7.20. The third-order valence-corrected chi connectivity index (χ3v) is 4.65. The lowest BCUT2D eigenvalue weighted by Gasteiger charge is -2.40. The monoisotopic (exact) mass is 279 g/mol. The van der Waals surface area contributed by atoms with Gasteiger partial charge in [0.2, 0.25) is 5.91 Å². The van der Waals surface area contributed by atoms with E-state index < -0.39 is 5.54 Å². The summed E-state index contributed by atoms with van der Waals surface area (Å²) in [5, 5.41) is 3.03. The maximum absolute atomic E-state index is 12.3. The molecule has 1 rings (SSSR count). The molecule has 1 amide bonds. The molecule has 0 radical (unpaired) electrons. The lowest BCUT2D eigenvalue weighted by atomic mass is 9.93. The van der Waals surface area contributed by atoms with Crippen LogP contribution in [0.5, 0.6) is 0 Å². The van der Waals surface area contributed by atoms with Gasteiger partial charge in [0.25, 0.3) is 0 Å². The number of amides is 1. The van der Waals surface area contributed by atoms with Crippen molar-refractivity contribution in [3.8, 4) is 12.3 Å². The Morgan fingerprint density at radius 1 is 1.45 bits per heavy atom. The third kappa shape index (κ3) is 3.97. The van der Waals surface area contributed by atoms with Crippen LogP contribution in [0.1, 0.15) is 52.9 Å². The topological polar surface area (TPSA) is 58.4 Å². The van der Waals surface area contributed by atoms with Crippen LogP contribution in [-0.4, -0.2) is 41.5 Å². The van der Waals surface area contributed by atoms with Crippen molar-refractivity contribution in [1.82, 2.24) is 10.2 Å². The molecule has 1 fully saturated rings. The zero-order chi connectivity index (χ0) is 15.2. The number of nitrogens with one attached hydrogen (secondary N) is 1. The largest absolute Gasteiger partial charge is 0.339 e. The van der Waals surface area contributed by atoms with Crippen LogP contribution in [-0.2, 0) is 4.79 Å². The van der Waals surface area contributed by atoms with Gasteiger partial charge < -0.3 is 11.1 Å². The second kappa shape index (κ2) is 7.66. The van der Waals surface area contributed by atoms with Crippen molar-refractivity contribution in [3.05, 3.63) is 0 Å². The molecule has 4 nitrogen and oxygen atoms in total. The van der Waals surface area contributed by atoms with E-state index in [1.54, 1.807) is 0 Å². The molecule has 0 bridgehead atoms. The molecule has 3 N–H and O–H groups in total. The van der Waals surface area contributed by atoms with E-state index in [4.69, 9.17) is 12.2 Å². The van der Waals surface area contributed by atoms with E-state index in [0.717, 1.165) is 25.7 Å². The van der Waals surface area contributed by atoms with Gasteiger partial charge in [-0.05, 0) is 32.6 Å². The van der Waals surface area contributed by atoms with Crippen molar-refractivity contribution in [1.29, 1.82) is 0 Å². The normalized spacial score (nSPS) is 24.1. The number of carbonyl (C=O) groups excluding carboxylic acids is 1. The maximum Gasteiger partial charge on any atom is 0.235 e. The van der Waals surface area contributed by atoms with Crippen molar-refractivity contribution in [2.75, 3.05) is 13.1 Å². The first-order chi connectivity index (χ1) is 9.51. The molecule has 0 saturated carbocycles. The first-order valence-corrected chi connectivity index (χ1v) is 7.76. The van der Waals surface area contributed by atoms with Crippen molar-refractivity contribution in [3.63, 3.8) is 0 Å². The molecule has 4 heteroatoms. The fourth-order valence-corrected chi connectivity index (χ4v) is 3.02. The Morgan fingerprint density at radius 2 is 2.10 bits per heavy atom. The van der Waals surface area contributed by atoms with Gasteiger partial charge in [-0.25, -0.2) is 0 Å². The summed E-state index contributed by atoms with van der Waals surface area (Å²) in [7, 11) is 0. The fraction of sp³-hybridized carbons (Fsp3) is 0.812. The molecule has 0 aromatic carbocycles. The Balaban J connectivity index is 2.66. The Morgan fingerprint density at radius 3 is 2.60 bits per heavy atom. The SMILES string of the molecule is C#CC(CC)(CC)NC(=O)CN1C(C)CCCC1CN. The molecule has 0 aliphatic carbocycles. The van der Waals surface area contributed by atoms with E-state index in [2.05, 4.69) is 23.1 Å². The van der Waals surface area contributed by atoms with Gasteiger partial charge >= 0.3 is 0 Å². The van der Waals surface area contributed by atoms with Crippen LogP contribution < -0.4 is 11.1 Å². The molecule has 2 unspecified atom stereocenters. The summed E-state index contributed by atoms with van der Waals surface area (Å²) in [4.78, 5) is 14.5. The van der Waals surface area contributed by atoms with Gasteiger partial charge in [-0.2, -0.15) is 0 Å². The molecule has 0 aromatic rings. The zero-order valence-electron chi connectivity index (χ0n) is 13.1. The van der Waals surface area contributed by atoms with E-state index >= 15 is 0 Å². The predicted octanol–water partition coefficient (Wildman–Crippen LogP) is 1.50. The van der Waals surface area contributed by atoms with Crippen LogP contribution >= 0.6 is 0 Å². The number of nitrogens with zero attached hydrogens (tertiary/aromatic N) is 1. The van der Waals surface area contributed by atoms with Gasteiger partial charge in [-0.1, -0.05) is 26.2 Å². The van der Waals surface area contributed by atoms with Gasteiger partial charge in [0.05, 0.1) is 6.54 Å². The Labute approximate surface area is 123 Å². The van der Waals surface area contributed by atoms with Gasteiger partial charge in [0.1, 0.15) is 5.54 Å². The van der Waals surface area contributed by atoms with Crippen LogP contribution in [0.4, 0.5) is 0 Å². The molecular formula is C16H29N3O. The number of piperidine rings is 1. The summed E-state index contributed by atoms with van der Waals surface area (Å²) in [5.74, 6) is 2.76. The van der Waals surface area contributed by atoms with Crippen molar-refractivity contribution < 1.29 is 4.79 Å². The van der Waals surface area contributed by atoms with E-state index in [1.807, 2.05) is 13.8 Å². The molecule has 1 aliphatic heterocycles. The Kier molecular flexibility index (Phi) is 6.51. The lowest BCUT2D eigenvalue weighted by molar-refractivity contribution is -0.125. The van der Waals surface area contributed by atoms with E-state index in [1.165, 1.54) is 6.42 Å². The molecule has 1 saturated heterocycles. The second-order valence-electron chi connectivity index (χ2n) is 5.82. The van der Waals surface area contributed by atoms with Crippen LogP contribution in [0.2, 0.25) is 0 Å². The van der Waals surface area contributed by atoms with E-state index in [-0.39, 0.29) is 5.91 Å². The highest BCUT2D eigenvalue weighted by Gasteiger charge is 2.31. The molecule has 1 aliphatic rings. The number of hydrogen-bond donors (Lipinski definition) is 2. The number of hydrogen-bond acceptors (Lipinski definition) is 3. The highest BCUT2D eigenvalue weighted by Crippen LogP contribution is 2.22. The van der Waals surface area contributed by atoms with E-state index in [0.29, 0.717) is 25.2 Å². The van der Waals surface area contributed by atoms with Crippen LogP contribution in [0.15, 0.2) is 0 Å². The van der Waals surface area contributed by atoms with Gasteiger partial charge in [-0.15, -0.1) is 6.42 Å². The highest BCUT2D eigenvalue weighted by atomic mass is 16.2. The van der Waals surface area contributed by atoms with Crippen molar-refractivity contribution in [2.24, 2.45) is 5.73 Å². The summed E-state index contributed by atoms with van der Waals surface area (Å²) in [6.07, 6.45) is 10.5. The molecule has 114 valence electrons. The first kappa shape index (κ1) is 17.0. The molecular weight excluding hydrogens is 250 g/mol. The highest BCUT2D eigenvalue weighted by molar-refractivity contribution is 5.79. The van der Waals surface area contributed by atoms with Gasteiger partial charge in [0, 0.05) is 18.6 Å². The molecule has 20 heavy (non-hydrogen) atoms. The number of rotatable bonds is 6. The predicted molar refractivity (Wildman–Crippen MR) is 83.2 cm³/mol. The summed E-state index contributed by atoms with van der Waals surface area (Å²) in [5.41, 5.74) is 5.33. The lowest BCUT2D eigenvalue weighted by Crippen LogP contribution is -2.55. The summed E-state index contributed by atoms with van der Waals surface area (Å²) in [6, 6.07) is 0.722. The minimum atomic E-state index is -0.506. The van der Waals surface area contributed by atoms with Crippen LogP contribution in [0.3, 0.4) is 0 Å². The summed E-state index contributed by atoms with van der Waals surface area (Å²) < 4.78 is 0. The molecule has 1 heterocycles. The average molecular weight is 279 g/mol. The maximum atomic E-state index is 12.3. The minimum absolute atomic E-state index is 0.0128. The van der Waals surface area contributed by atoms with Crippen LogP contribution in [0.25, 0.3) is 0 Å². The molecule has 0 aromatic heterocycles. The Bertz CT molecular complexity index is 357. The van der Waals surface area contributed by atoms with Crippen LogP contribution in [0, 0.1) is 12.3 Å². The van der Waals surface area contributed by atoms with E-state index in [9.17, 15) is 4.79 Å². The third-order valence-electron chi connectivity index (χ3n) is 4.65. The second-order valence-corrected chi connectivity index (χ2v) is 5.82. The average Bonchev–Trinajstić information content (AvgIpc) is 2.47. The Hall–Kier alpha value is -1.05. The molecule has 2 atom stereocenters. The number of likely N-dealkylation sites (tertiary alicyclic amines) is 1. The summed E-state index contributed by atoms with van der Waals surface area (Å²) >= 11 is 0. The van der Waals surface area contributed by atoms with Gasteiger partial charge in [0.15, 0.2) is 0 Å². The number of carbonyl (C=O) groups is 1. The standard InChI is InChI=1S/C16H29N3O/c1-5-16(6-2,7-3)18-15(20)12-19-13(4)9-8-10-14(19)11-17/h1,13-14H,6-12,17H2,2-4H3,(H,18,20). The first-order valence-electron chi connectivity index (χ1n) is 7.76.